The molecule has 1 aromatic heterocycles. The van der Waals surface area contributed by atoms with Crippen molar-refractivity contribution in [3.63, 3.8) is 0 Å². The predicted molar refractivity (Wildman–Crippen MR) is 59.6 cm³/mol. The number of likely N-dealkylation sites (tertiary alicyclic amines) is 1. The van der Waals surface area contributed by atoms with Crippen LogP contribution in [0.15, 0.2) is 12.4 Å². The van der Waals surface area contributed by atoms with E-state index in [0.29, 0.717) is 6.04 Å². The maximum Gasteiger partial charge on any atom is 0.0693 e. The molecule has 1 fully saturated rings. The molecule has 0 saturated carbocycles. The van der Waals surface area contributed by atoms with Crippen LogP contribution in [-0.2, 0) is 0 Å². The Kier molecular flexibility index (Phi) is 3.36. The number of hydrogen-bond donors (Lipinski definition) is 0. The molecule has 0 atom stereocenters. The van der Waals surface area contributed by atoms with Gasteiger partial charge in [0.1, 0.15) is 0 Å². The van der Waals surface area contributed by atoms with E-state index in [1.165, 1.54) is 32.5 Å². The highest BCUT2D eigenvalue weighted by Crippen LogP contribution is 2.21. The second-order valence-corrected chi connectivity index (χ2v) is 4.81. The van der Waals surface area contributed by atoms with Crippen LogP contribution >= 0.6 is 0 Å². The molecule has 0 aliphatic carbocycles. The van der Waals surface area contributed by atoms with E-state index in [4.69, 9.17) is 0 Å². The van der Waals surface area contributed by atoms with Gasteiger partial charge < -0.3 is 4.90 Å². The Morgan fingerprint density at radius 2 is 2.07 bits per heavy atom. The highest BCUT2D eigenvalue weighted by molar-refractivity contribution is 4.79. The summed E-state index contributed by atoms with van der Waals surface area (Å²) in [7, 11) is 0. The van der Waals surface area contributed by atoms with Gasteiger partial charge in [-0.15, -0.1) is 5.10 Å². The molecule has 1 saturated heterocycles. The second kappa shape index (κ2) is 4.75. The Bertz CT molecular complexity index is 273. The van der Waals surface area contributed by atoms with Gasteiger partial charge in [-0.1, -0.05) is 19.1 Å². The normalized spacial score (nSPS) is 19.9. The van der Waals surface area contributed by atoms with Gasteiger partial charge in [0.25, 0.3) is 0 Å². The molecule has 2 rings (SSSR count). The van der Waals surface area contributed by atoms with Crippen molar-refractivity contribution in [3.8, 4) is 0 Å². The van der Waals surface area contributed by atoms with Gasteiger partial charge in [-0.3, -0.25) is 0 Å². The van der Waals surface area contributed by atoms with Crippen molar-refractivity contribution in [2.24, 2.45) is 5.92 Å². The van der Waals surface area contributed by atoms with Gasteiger partial charge in [-0.05, 0) is 18.8 Å². The maximum absolute atomic E-state index is 4.07. The molecule has 0 unspecified atom stereocenters. The topological polar surface area (TPSA) is 34.0 Å². The Labute approximate surface area is 91.3 Å². The molecular formula is C11H20N4. The summed E-state index contributed by atoms with van der Waals surface area (Å²) in [6, 6.07) is 0.566. The number of piperidine rings is 1. The Morgan fingerprint density at radius 1 is 1.33 bits per heavy atom. The molecule has 4 heteroatoms. The highest BCUT2D eigenvalue weighted by atomic mass is 15.4. The van der Waals surface area contributed by atoms with Crippen LogP contribution in [0.25, 0.3) is 0 Å². The molecule has 1 aliphatic heterocycles. The van der Waals surface area contributed by atoms with Gasteiger partial charge in [0.2, 0.25) is 0 Å². The minimum Gasteiger partial charge on any atom is -0.303 e. The fourth-order valence-electron chi connectivity index (χ4n) is 2.29. The molecular weight excluding hydrogens is 188 g/mol. The van der Waals surface area contributed by atoms with Gasteiger partial charge in [0.15, 0.2) is 0 Å². The minimum atomic E-state index is 0.566. The Balaban J connectivity index is 1.82. The van der Waals surface area contributed by atoms with Crippen LogP contribution in [0.4, 0.5) is 0 Å². The summed E-state index contributed by atoms with van der Waals surface area (Å²) in [4.78, 5) is 2.55. The smallest absolute Gasteiger partial charge is 0.0693 e. The summed E-state index contributed by atoms with van der Waals surface area (Å²) in [5, 5.41) is 7.94. The zero-order valence-corrected chi connectivity index (χ0v) is 9.63. The van der Waals surface area contributed by atoms with Crippen LogP contribution < -0.4 is 0 Å². The van der Waals surface area contributed by atoms with E-state index >= 15 is 0 Å². The van der Waals surface area contributed by atoms with E-state index in [1.54, 1.807) is 6.20 Å². The van der Waals surface area contributed by atoms with E-state index in [9.17, 15) is 0 Å². The molecule has 1 aromatic rings. The van der Waals surface area contributed by atoms with E-state index in [-0.39, 0.29) is 0 Å². The lowest BCUT2D eigenvalue weighted by atomic mass is 10.0. The second-order valence-electron chi connectivity index (χ2n) is 4.81. The quantitative estimate of drug-likeness (QED) is 0.756. The number of nitrogens with zero attached hydrogens (tertiary/aromatic N) is 4. The third kappa shape index (κ3) is 2.78. The maximum atomic E-state index is 4.07. The summed E-state index contributed by atoms with van der Waals surface area (Å²) in [6.07, 6.45) is 6.15. The lowest BCUT2D eigenvalue weighted by Gasteiger charge is -2.32. The van der Waals surface area contributed by atoms with Gasteiger partial charge in [0.05, 0.1) is 12.2 Å². The molecule has 0 N–H and O–H groups in total. The fraction of sp³-hybridized carbons (Fsp3) is 0.818. The molecule has 1 aliphatic rings. The molecule has 84 valence electrons. The van der Waals surface area contributed by atoms with Crippen LogP contribution in [0.2, 0.25) is 0 Å². The first kappa shape index (κ1) is 10.6. The highest BCUT2D eigenvalue weighted by Gasteiger charge is 2.20. The van der Waals surface area contributed by atoms with Crippen LogP contribution in [0.3, 0.4) is 0 Å². The first-order chi connectivity index (χ1) is 7.25. The van der Waals surface area contributed by atoms with Crippen molar-refractivity contribution in [1.29, 1.82) is 0 Å². The summed E-state index contributed by atoms with van der Waals surface area (Å²) >= 11 is 0. The summed E-state index contributed by atoms with van der Waals surface area (Å²) in [6.45, 7) is 8.18. The van der Waals surface area contributed by atoms with Crippen molar-refractivity contribution in [2.45, 2.75) is 32.7 Å². The molecule has 15 heavy (non-hydrogen) atoms. The van der Waals surface area contributed by atoms with Gasteiger partial charge in [-0.2, -0.15) is 0 Å². The van der Waals surface area contributed by atoms with E-state index in [1.807, 2.05) is 10.9 Å². The molecule has 0 amide bonds. The fourth-order valence-corrected chi connectivity index (χ4v) is 2.29. The third-order valence-electron chi connectivity index (χ3n) is 3.00. The van der Waals surface area contributed by atoms with Crippen LogP contribution in [-0.4, -0.2) is 39.5 Å². The van der Waals surface area contributed by atoms with Crippen molar-refractivity contribution in [3.05, 3.63) is 12.4 Å². The van der Waals surface area contributed by atoms with Gasteiger partial charge in [-0.25, -0.2) is 4.68 Å². The standard InChI is InChI=1S/C11H20N4/c1-10(2)9-14-6-3-11(4-7-14)15-8-5-12-13-15/h5,8,10-11H,3-4,6-7,9H2,1-2H3. The van der Waals surface area contributed by atoms with E-state index in [0.717, 1.165) is 5.92 Å². The van der Waals surface area contributed by atoms with Crippen molar-refractivity contribution >= 4 is 0 Å². The molecule has 4 nitrogen and oxygen atoms in total. The zero-order valence-electron chi connectivity index (χ0n) is 9.63. The monoisotopic (exact) mass is 208 g/mol. The van der Waals surface area contributed by atoms with Crippen molar-refractivity contribution < 1.29 is 0 Å². The largest absolute Gasteiger partial charge is 0.303 e. The number of rotatable bonds is 3. The van der Waals surface area contributed by atoms with Gasteiger partial charge >= 0.3 is 0 Å². The lowest BCUT2D eigenvalue weighted by molar-refractivity contribution is 0.163. The average Bonchev–Trinajstić information content (AvgIpc) is 2.71. The summed E-state index contributed by atoms with van der Waals surface area (Å²) in [5.41, 5.74) is 0. The van der Waals surface area contributed by atoms with Gasteiger partial charge in [0, 0.05) is 25.8 Å². The molecule has 0 aromatic carbocycles. The molecule has 0 spiro atoms. The first-order valence-corrected chi connectivity index (χ1v) is 5.84. The van der Waals surface area contributed by atoms with Crippen LogP contribution in [0.1, 0.15) is 32.7 Å². The molecule has 0 bridgehead atoms. The van der Waals surface area contributed by atoms with Crippen molar-refractivity contribution in [1.82, 2.24) is 19.9 Å². The average molecular weight is 208 g/mol. The molecule has 2 heterocycles. The Hall–Kier alpha value is -0.900. The lowest BCUT2D eigenvalue weighted by Crippen LogP contribution is -2.37. The van der Waals surface area contributed by atoms with E-state index in [2.05, 4.69) is 29.1 Å². The van der Waals surface area contributed by atoms with Crippen LogP contribution in [0.5, 0.6) is 0 Å². The zero-order chi connectivity index (χ0) is 10.7. The predicted octanol–water partition coefficient (Wildman–Crippen LogP) is 1.57. The van der Waals surface area contributed by atoms with E-state index < -0.39 is 0 Å². The molecule has 0 radical (unpaired) electrons. The minimum absolute atomic E-state index is 0.566. The first-order valence-electron chi connectivity index (χ1n) is 5.84. The number of hydrogen-bond acceptors (Lipinski definition) is 3. The SMILES string of the molecule is CC(C)CN1CCC(n2ccnn2)CC1. The summed E-state index contributed by atoms with van der Waals surface area (Å²) in [5.74, 6) is 0.771. The third-order valence-corrected chi connectivity index (χ3v) is 3.00. The van der Waals surface area contributed by atoms with Crippen molar-refractivity contribution in [2.75, 3.05) is 19.6 Å². The van der Waals surface area contributed by atoms with Crippen LogP contribution in [0, 0.1) is 5.92 Å². The summed E-state index contributed by atoms with van der Waals surface area (Å²) < 4.78 is 2.01. The Morgan fingerprint density at radius 3 is 2.60 bits per heavy atom. The number of aromatic nitrogens is 3.